The van der Waals surface area contributed by atoms with Crippen molar-refractivity contribution in [3.8, 4) is 0 Å². The Hall–Kier alpha value is -4.26. The highest BCUT2D eigenvalue weighted by Gasteiger charge is 2.19. The number of nitrogens with zero attached hydrogens (tertiary/aromatic N) is 2. The van der Waals surface area contributed by atoms with Gasteiger partial charge in [-0.3, -0.25) is 13.9 Å². The standard InChI is InChI=1S/C25H22N4O10S3/c26-24-21-4-2-1-3-20(21)23(41(33,34)35)15-22(24)29-28-18-7-5-16(6-8-18)25(30)27-17-9-11-19(12-10-17)40(31,32)14-13-39-42(36,37)38/h1-12,15H,13-14,26H2,(H,27,30)(H,33,34,35)(H,36,37,38). The molecular formula is C25H22N4O10S3. The first-order valence-electron chi connectivity index (χ1n) is 11.7. The maximum absolute atomic E-state index is 12.6. The van der Waals surface area contributed by atoms with Gasteiger partial charge in [-0.05, 0) is 54.6 Å². The number of carbonyl (C=O) groups excluding carboxylic acids is 1. The third-order valence-corrected chi connectivity index (χ3v) is 8.82. The molecule has 0 spiro atoms. The quantitative estimate of drug-likeness (QED) is 0.111. The summed E-state index contributed by atoms with van der Waals surface area (Å²) in [4.78, 5) is 12.1. The minimum atomic E-state index is -4.77. The second-order valence-electron chi connectivity index (χ2n) is 8.62. The average molecular weight is 635 g/mol. The van der Waals surface area contributed by atoms with Gasteiger partial charge in [-0.25, -0.2) is 12.6 Å². The maximum atomic E-state index is 12.6. The lowest BCUT2D eigenvalue weighted by molar-refractivity contribution is 0.102. The van der Waals surface area contributed by atoms with Crippen molar-refractivity contribution in [2.75, 3.05) is 23.4 Å². The molecule has 4 rings (SSSR count). The van der Waals surface area contributed by atoms with Crippen LogP contribution >= 0.6 is 0 Å². The molecule has 0 heterocycles. The molecule has 14 nitrogen and oxygen atoms in total. The topological polar surface area (TPSA) is 232 Å². The van der Waals surface area contributed by atoms with Crippen LogP contribution in [0.3, 0.4) is 0 Å². The van der Waals surface area contributed by atoms with Crippen LogP contribution in [-0.4, -0.2) is 52.6 Å². The van der Waals surface area contributed by atoms with E-state index in [1.165, 1.54) is 54.6 Å². The van der Waals surface area contributed by atoms with Gasteiger partial charge in [-0.15, -0.1) is 5.11 Å². The number of carbonyl (C=O) groups is 1. The van der Waals surface area contributed by atoms with Crippen LogP contribution in [0.15, 0.2) is 98.9 Å². The Kier molecular flexibility index (Phi) is 8.71. The Morgan fingerprint density at radius 1 is 0.833 bits per heavy atom. The number of hydrogen-bond donors (Lipinski definition) is 4. The van der Waals surface area contributed by atoms with Crippen molar-refractivity contribution in [2.45, 2.75) is 9.79 Å². The van der Waals surface area contributed by atoms with E-state index in [9.17, 15) is 34.6 Å². The molecule has 0 saturated carbocycles. The van der Waals surface area contributed by atoms with Gasteiger partial charge < -0.3 is 11.1 Å². The van der Waals surface area contributed by atoms with Crippen molar-refractivity contribution in [1.29, 1.82) is 0 Å². The highest BCUT2D eigenvalue weighted by atomic mass is 32.3. The number of hydrogen-bond acceptors (Lipinski definition) is 11. The van der Waals surface area contributed by atoms with Gasteiger partial charge >= 0.3 is 10.4 Å². The minimum Gasteiger partial charge on any atom is -0.396 e. The van der Waals surface area contributed by atoms with Gasteiger partial charge in [0.1, 0.15) is 10.6 Å². The number of nitrogens with one attached hydrogen (secondary N) is 1. The summed E-state index contributed by atoms with van der Waals surface area (Å²) in [7, 11) is -13.3. The predicted molar refractivity (Wildman–Crippen MR) is 153 cm³/mol. The van der Waals surface area contributed by atoms with Crippen LogP contribution in [0.4, 0.5) is 22.7 Å². The van der Waals surface area contributed by atoms with E-state index in [1.54, 1.807) is 18.2 Å². The highest BCUT2D eigenvalue weighted by Crippen LogP contribution is 2.36. The fourth-order valence-corrected chi connectivity index (χ4v) is 5.96. The zero-order valence-corrected chi connectivity index (χ0v) is 23.7. The van der Waals surface area contributed by atoms with E-state index in [0.717, 1.165) is 6.07 Å². The van der Waals surface area contributed by atoms with Crippen molar-refractivity contribution >= 4 is 69.8 Å². The lowest BCUT2D eigenvalue weighted by Gasteiger charge is -2.09. The van der Waals surface area contributed by atoms with E-state index >= 15 is 0 Å². The van der Waals surface area contributed by atoms with Gasteiger partial charge in [0.25, 0.3) is 16.0 Å². The van der Waals surface area contributed by atoms with Crippen molar-refractivity contribution in [3.63, 3.8) is 0 Å². The molecule has 0 aliphatic heterocycles. The Bertz CT molecular complexity index is 2010. The molecule has 220 valence electrons. The van der Waals surface area contributed by atoms with Crippen LogP contribution in [0.5, 0.6) is 0 Å². The van der Waals surface area contributed by atoms with Crippen molar-refractivity contribution in [1.82, 2.24) is 0 Å². The molecule has 0 radical (unpaired) electrons. The number of fused-ring (bicyclic) bond motifs is 1. The molecule has 0 bridgehead atoms. The Morgan fingerprint density at radius 3 is 2.05 bits per heavy atom. The van der Waals surface area contributed by atoms with Gasteiger partial charge in [-0.2, -0.15) is 21.9 Å². The maximum Gasteiger partial charge on any atom is 0.397 e. The van der Waals surface area contributed by atoms with Crippen molar-refractivity contribution in [2.24, 2.45) is 10.2 Å². The number of anilines is 2. The Morgan fingerprint density at radius 2 is 1.45 bits per heavy atom. The summed E-state index contributed by atoms with van der Waals surface area (Å²) in [5, 5.41) is 11.3. The van der Waals surface area contributed by atoms with Crippen LogP contribution in [0.2, 0.25) is 0 Å². The van der Waals surface area contributed by atoms with Gasteiger partial charge in [-0.1, -0.05) is 24.3 Å². The van der Waals surface area contributed by atoms with Crippen LogP contribution < -0.4 is 11.1 Å². The number of benzene rings is 4. The molecule has 1 amide bonds. The molecular weight excluding hydrogens is 612 g/mol. The lowest BCUT2D eigenvalue weighted by Crippen LogP contribution is -2.15. The molecule has 0 unspecified atom stereocenters. The van der Waals surface area contributed by atoms with Crippen LogP contribution in [0, 0.1) is 0 Å². The fraction of sp³-hybridized carbons (Fsp3) is 0.0800. The molecule has 4 aromatic carbocycles. The largest absolute Gasteiger partial charge is 0.397 e. The lowest BCUT2D eigenvalue weighted by atomic mass is 10.1. The molecule has 0 atom stereocenters. The minimum absolute atomic E-state index is 0.0135. The summed E-state index contributed by atoms with van der Waals surface area (Å²) in [6.45, 7) is -0.767. The SMILES string of the molecule is Nc1c(N=Nc2ccc(C(=O)Nc3ccc(S(=O)(=O)CCOS(=O)(=O)O)cc3)cc2)cc(S(=O)(=O)O)c2ccccc12. The van der Waals surface area contributed by atoms with Gasteiger partial charge in [0.05, 0.1) is 28.6 Å². The second-order valence-corrected chi connectivity index (χ2v) is 13.2. The molecule has 0 aromatic heterocycles. The summed E-state index contributed by atoms with van der Waals surface area (Å²) in [5.74, 6) is -1.22. The molecule has 42 heavy (non-hydrogen) atoms. The third kappa shape index (κ3) is 7.52. The molecule has 17 heteroatoms. The van der Waals surface area contributed by atoms with Crippen LogP contribution in [0.1, 0.15) is 10.4 Å². The zero-order valence-electron chi connectivity index (χ0n) is 21.3. The normalized spacial score (nSPS) is 12.5. The second kappa shape index (κ2) is 11.9. The van der Waals surface area contributed by atoms with E-state index < -0.39 is 48.6 Å². The molecule has 5 N–H and O–H groups in total. The number of nitrogens with two attached hydrogens (primary N) is 1. The van der Waals surface area contributed by atoms with Crippen LogP contribution in [-0.2, 0) is 34.5 Å². The molecule has 0 aliphatic carbocycles. The van der Waals surface area contributed by atoms with E-state index in [-0.39, 0.29) is 37.8 Å². The molecule has 0 aliphatic rings. The smallest absolute Gasteiger partial charge is 0.396 e. The van der Waals surface area contributed by atoms with E-state index in [2.05, 4.69) is 19.7 Å². The molecule has 0 fully saturated rings. The number of nitrogen functional groups attached to an aromatic ring is 1. The van der Waals surface area contributed by atoms with Gasteiger partial charge in [0.15, 0.2) is 9.84 Å². The van der Waals surface area contributed by atoms with Crippen molar-refractivity contribution in [3.05, 3.63) is 84.4 Å². The fourth-order valence-electron chi connectivity index (χ4n) is 3.75. The zero-order chi connectivity index (χ0) is 30.7. The number of amides is 1. The number of azo groups is 1. The van der Waals surface area contributed by atoms with E-state index in [1.807, 2.05) is 0 Å². The summed E-state index contributed by atoms with van der Waals surface area (Å²) >= 11 is 0. The Balaban J connectivity index is 1.45. The number of rotatable bonds is 10. The van der Waals surface area contributed by atoms with Crippen LogP contribution in [0.25, 0.3) is 10.8 Å². The summed E-state index contributed by atoms with van der Waals surface area (Å²) in [6, 6.07) is 18.4. The molecule has 0 saturated heterocycles. The predicted octanol–water partition coefficient (Wildman–Crippen LogP) is 3.93. The van der Waals surface area contributed by atoms with Gasteiger partial charge in [0, 0.05) is 22.0 Å². The van der Waals surface area contributed by atoms with E-state index in [4.69, 9.17) is 10.3 Å². The first-order valence-corrected chi connectivity index (χ1v) is 16.2. The highest BCUT2D eigenvalue weighted by molar-refractivity contribution is 7.91. The first-order chi connectivity index (χ1) is 19.6. The third-order valence-electron chi connectivity index (χ3n) is 5.76. The summed E-state index contributed by atoms with van der Waals surface area (Å²) in [6.07, 6.45) is 0. The van der Waals surface area contributed by atoms with Crippen molar-refractivity contribution < 1.29 is 43.3 Å². The summed E-state index contributed by atoms with van der Waals surface area (Å²) in [5.41, 5.74) is 7.13. The van der Waals surface area contributed by atoms with E-state index in [0.29, 0.717) is 11.1 Å². The summed E-state index contributed by atoms with van der Waals surface area (Å²) < 4.78 is 91.7. The first kappa shape index (κ1) is 30.7. The molecule has 4 aromatic rings. The number of sulfone groups is 1. The Labute approximate surface area is 240 Å². The van der Waals surface area contributed by atoms with Gasteiger partial charge in [0.2, 0.25) is 0 Å². The average Bonchev–Trinajstić information content (AvgIpc) is 2.92. The monoisotopic (exact) mass is 634 g/mol.